The number of hydrogen-bond acceptors (Lipinski definition) is 3. The van der Waals surface area contributed by atoms with Crippen molar-refractivity contribution in [3.8, 4) is 5.75 Å². The zero-order valence-electron chi connectivity index (χ0n) is 13.5. The molecule has 128 valence electrons. The summed E-state index contributed by atoms with van der Waals surface area (Å²) in [5, 5.41) is 9.36. The van der Waals surface area contributed by atoms with Gasteiger partial charge in [0.05, 0.1) is 5.56 Å². The number of ether oxygens (including phenoxy) is 2. The summed E-state index contributed by atoms with van der Waals surface area (Å²) < 4.78 is 26.1. The van der Waals surface area contributed by atoms with E-state index in [0.717, 1.165) is 16.7 Å². The molecule has 0 aromatic heterocycles. The molecule has 0 unspecified atom stereocenters. The van der Waals surface area contributed by atoms with Gasteiger partial charge in [0, 0.05) is 17.2 Å². The predicted octanol–water partition coefficient (Wildman–Crippen LogP) is 4.24. The molecular weight excluding hydrogens is 335 g/mol. The molecule has 5 rings (SSSR count). The Morgan fingerprint density at radius 2 is 1.81 bits per heavy atom. The van der Waals surface area contributed by atoms with Crippen LogP contribution in [0, 0.1) is 5.82 Å². The number of benzene rings is 3. The molecule has 0 fully saturated rings. The van der Waals surface area contributed by atoms with Crippen molar-refractivity contribution in [2.24, 2.45) is 0 Å². The maximum Gasteiger partial charge on any atom is 0.335 e. The van der Waals surface area contributed by atoms with Gasteiger partial charge in [-0.1, -0.05) is 36.4 Å². The highest BCUT2D eigenvalue weighted by molar-refractivity contribution is 5.88. The van der Waals surface area contributed by atoms with Crippen LogP contribution in [-0.4, -0.2) is 11.1 Å². The van der Waals surface area contributed by atoms with Crippen molar-refractivity contribution in [2.45, 2.75) is 11.9 Å². The monoisotopic (exact) mass is 348 g/mol. The number of carbonyl (C=O) groups is 1. The highest BCUT2D eigenvalue weighted by atomic mass is 19.1. The van der Waals surface area contributed by atoms with Gasteiger partial charge in [-0.15, -0.1) is 0 Å². The van der Waals surface area contributed by atoms with Gasteiger partial charge in [-0.05, 0) is 35.4 Å². The molecule has 3 aromatic carbocycles. The Morgan fingerprint density at radius 3 is 2.62 bits per heavy atom. The first-order valence-corrected chi connectivity index (χ1v) is 8.18. The summed E-state index contributed by atoms with van der Waals surface area (Å²) in [4.78, 5) is 11.4. The molecule has 0 saturated carbocycles. The van der Waals surface area contributed by atoms with Crippen LogP contribution in [0.25, 0.3) is 0 Å². The zero-order chi connectivity index (χ0) is 17.9. The third-order valence-electron chi connectivity index (χ3n) is 4.88. The van der Waals surface area contributed by atoms with Gasteiger partial charge in [0.15, 0.2) is 0 Å². The average molecular weight is 348 g/mol. The molecule has 0 saturated heterocycles. The number of carboxylic acids is 1. The van der Waals surface area contributed by atoms with Crippen molar-refractivity contribution in [1.82, 2.24) is 0 Å². The SMILES string of the molecule is O=C(O)c1ccc2c(c1)[C@@]1(Oc3cccc(F)c3)O[C@@H]2c2ccccc21. The molecule has 2 aliphatic rings. The number of hydrogen-bond donors (Lipinski definition) is 1. The lowest BCUT2D eigenvalue weighted by atomic mass is 9.83. The summed E-state index contributed by atoms with van der Waals surface area (Å²) in [5.41, 5.74) is 3.44. The van der Waals surface area contributed by atoms with E-state index in [1.54, 1.807) is 30.3 Å². The number of fused-ring (bicyclic) bond motifs is 8. The lowest BCUT2D eigenvalue weighted by molar-refractivity contribution is -0.144. The van der Waals surface area contributed by atoms with E-state index in [2.05, 4.69) is 0 Å². The molecule has 26 heavy (non-hydrogen) atoms. The van der Waals surface area contributed by atoms with Crippen LogP contribution in [0.2, 0.25) is 0 Å². The largest absolute Gasteiger partial charge is 0.478 e. The summed E-state index contributed by atoms with van der Waals surface area (Å²) in [6.45, 7) is 0. The highest BCUT2D eigenvalue weighted by Crippen LogP contribution is 2.58. The minimum absolute atomic E-state index is 0.152. The van der Waals surface area contributed by atoms with Crippen LogP contribution in [0.1, 0.15) is 38.7 Å². The maximum atomic E-state index is 13.6. The third kappa shape index (κ3) is 1.95. The van der Waals surface area contributed by atoms with E-state index in [4.69, 9.17) is 9.47 Å². The molecule has 0 spiro atoms. The van der Waals surface area contributed by atoms with E-state index in [1.165, 1.54) is 12.1 Å². The Hall–Kier alpha value is -3.18. The van der Waals surface area contributed by atoms with Crippen molar-refractivity contribution in [2.75, 3.05) is 0 Å². The van der Waals surface area contributed by atoms with Gasteiger partial charge in [-0.3, -0.25) is 0 Å². The van der Waals surface area contributed by atoms with Gasteiger partial charge in [-0.25, -0.2) is 9.18 Å². The normalized spacial score (nSPS) is 22.0. The Bertz CT molecular complexity index is 1060. The van der Waals surface area contributed by atoms with Crippen LogP contribution in [0.4, 0.5) is 4.39 Å². The first-order chi connectivity index (χ1) is 12.6. The molecule has 3 aromatic rings. The van der Waals surface area contributed by atoms with Crippen LogP contribution in [0.3, 0.4) is 0 Å². The molecule has 5 heteroatoms. The van der Waals surface area contributed by atoms with Crippen molar-refractivity contribution in [3.63, 3.8) is 0 Å². The summed E-state index contributed by atoms with van der Waals surface area (Å²) in [5.74, 6) is -2.41. The van der Waals surface area contributed by atoms with Gasteiger partial charge in [-0.2, -0.15) is 0 Å². The van der Waals surface area contributed by atoms with Gasteiger partial charge in [0.25, 0.3) is 5.79 Å². The minimum atomic E-state index is -1.28. The Labute approximate surface area is 148 Å². The lowest BCUT2D eigenvalue weighted by Crippen LogP contribution is -2.32. The molecule has 0 aliphatic carbocycles. The molecule has 4 nitrogen and oxygen atoms in total. The summed E-state index contributed by atoms with van der Waals surface area (Å²) in [6.07, 6.45) is -0.336. The van der Waals surface area contributed by atoms with Gasteiger partial charge in [0.2, 0.25) is 0 Å². The second-order valence-corrected chi connectivity index (χ2v) is 6.37. The number of carboxylic acid groups (broad SMARTS) is 1. The van der Waals surface area contributed by atoms with Crippen LogP contribution in [0.15, 0.2) is 66.7 Å². The van der Waals surface area contributed by atoms with E-state index in [0.29, 0.717) is 11.3 Å². The predicted molar refractivity (Wildman–Crippen MR) is 90.6 cm³/mol. The standard InChI is InChI=1S/C21H13FO4/c22-13-4-3-5-14(11-13)25-21-17-7-2-1-6-15(17)19(26-21)16-9-8-12(20(23)24)10-18(16)21/h1-11,19H,(H,23,24)/t19-,21+/m1/s1. The summed E-state index contributed by atoms with van der Waals surface area (Å²) in [7, 11) is 0. The van der Waals surface area contributed by atoms with Crippen LogP contribution >= 0.6 is 0 Å². The average Bonchev–Trinajstić information content (AvgIpc) is 3.13. The van der Waals surface area contributed by atoms with Gasteiger partial charge < -0.3 is 14.6 Å². The van der Waals surface area contributed by atoms with Crippen molar-refractivity contribution in [3.05, 3.63) is 100 Å². The zero-order valence-corrected chi connectivity index (χ0v) is 13.5. The number of aromatic carboxylic acids is 1. The second kappa shape index (κ2) is 5.16. The fourth-order valence-corrected chi connectivity index (χ4v) is 3.79. The molecule has 1 N–H and O–H groups in total. The first-order valence-electron chi connectivity index (χ1n) is 8.18. The van der Waals surface area contributed by atoms with Crippen LogP contribution < -0.4 is 4.74 Å². The molecule has 0 radical (unpaired) electrons. The van der Waals surface area contributed by atoms with E-state index in [-0.39, 0.29) is 11.7 Å². The lowest BCUT2D eigenvalue weighted by Gasteiger charge is -2.29. The smallest absolute Gasteiger partial charge is 0.335 e. The highest BCUT2D eigenvalue weighted by Gasteiger charge is 2.57. The maximum absolute atomic E-state index is 13.6. The number of rotatable bonds is 3. The minimum Gasteiger partial charge on any atom is -0.478 e. The van der Waals surface area contributed by atoms with Crippen LogP contribution in [-0.2, 0) is 10.5 Å². The molecule has 2 bridgehead atoms. The molecule has 2 atom stereocenters. The Morgan fingerprint density at radius 1 is 1.00 bits per heavy atom. The Balaban J connectivity index is 1.73. The van der Waals surface area contributed by atoms with Gasteiger partial charge >= 0.3 is 5.97 Å². The van der Waals surface area contributed by atoms with E-state index in [1.807, 2.05) is 24.3 Å². The summed E-state index contributed by atoms with van der Waals surface area (Å²) >= 11 is 0. The molecule has 0 amide bonds. The summed E-state index contributed by atoms with van der Waals surface area (Å²) in [6, 6.07) is 18.4. The molecule has 2 aliphatic heterocycles. The van der Waals surface area contributed by atoms with Crippen LogP contribution in [0.5, 0.6) is 5.75 Å². The second-order valence-electron chi connectivity index (χ2n) is 6.37. The van der Waals surface area contributed by atoms with E-state index >= 15 is 0 Å². The Kier molecular flexibility index (Phi) is 3.00. The van der Waals surface area contributed by atoms with E-state index in [9.17, 15) is 14.3 Å². The molecule has 2 heterocycles. The van der Waals surface area contributed by atoms with Crippen molar-refractivity contribution < 1.29 is 23.8 Å². The van der Waals surface area contributed by atoms with E-state index < -0.39 is 17.6 Å². The number of halogens is 1. The fourth-order valence-electron chi connectivity index (χ4n) is 3.79. The molecular formula is C21H13FO4. The van der Waals surface area contributed by atoms with Crippen molar-refractivity contribution >= 4 is 5.97 Å². The van der Waals surface area contributed by atoms with Crippen molar-refractivity contribution in [1.29, 1.82) is 0 Å². The third-order valence-corrected chi connectivity index (χ3v) is 4.88. The quantitative estimate of drug-likeness (QED) is 0.769. The first kappa shape index (κ1) is 15.1. The fraction of sp³-hybridized carbons (Fsp3) is 0.0952. The topological polar surface area (TPSA) is 55.8 Å². The van der Waals surface area contributed by atoms with Gasteiger partial charge in [0.1, 0.15) is 17.7 Å².